The predicted molar refractivity (Wildman–Crippen MR) is 71.3 cm³/mol. The van der Waals surface area contributed by atoms with Crippen molar-refractivity contribution in [2.75, 3.05) is 6.54 Å². The van der Waals surface area contributed by atoms with Crippen molar-refractivity contribution in [3.8, 4) is 10.9 Å². The Kier molecular flexibility index (Phi) is 4.30. The van der Waals surface area contributed by atoms with Gasteiger partial charge in [-0.3, -0.25) is 4.79 Å². The number of aromatic nitrogens is 1. The highest BCUT2D eigenvalue weighted by atomic mass is 32.1. The predicted octanol–water partition coefficient (Wildman–Crippen LogP) is 3.08. The first kappa shape index (κ1) is 12.6. The van der Waals surface area contributed by atoms with Crippen LogP contribution >= 0.6 is 11.3 Å². The van der Waals surface area contributed by atoms with Gasteiger partial charge in [-0.15, -0.1) is 0 Å². The molecule has 1 aromatic carbocycles. The maximum atomic E-state index is 11.6. The molecule has 1 amide bonds. The van der Waals surface area contributed by atoms with E-state index in [1.54, 1.807) is 5.38 Å². The summed E-state index contributed by atoms with van der Waals surface area (Å²) < 4.78 is 5.54. The second-order valence-corrected chi connectivity index (χ2v) is 4.49. The monoisotopic (exact) mass is 262 g/mol. The third-order valence-electron chi connectivity index (χ3n) is 2.20. The number of nitrogens with one attached hydrogen (secondary N) is 1. The molecular weight excluding hydrogens is 248 g/mol. The lowest BCUT2D eigenvalue weighted by molar-refractivity contribution is 0.0949. The fourth-order valence-corrected chi connectivity index (χ4v) is 1.99. The molecule has 0 saturated heterocycles. The summed E-state index contributed by atoms with van der Waals surface area (Å²) in [5.74, 6) is 0.559. The standard InChI is InChI=1S/C13H14N2O2S/c1-2-8-14-12(16)11-9-18-13(15-11)17-10-6-4-3-5-7-10/h3-7,9H,2,8H2,1H3,(H,14,16). The minimum atomic E-state index is -0.156. The van der Waals surface area contributed by atoms with Gasteiger partial charge >= 0.3 is 0 Å². The van der Waals surface area contributed by atoms with Crippen molar-refractivity contribution in [3.05, 3.63) is 41.4 Å². The Morgan fingerprint density at radius 1 is 1.39 bits per heavy atom. The Balaban J connectivity index is 2.00. The van der Waals surface area contributed by atoms with Crippen LogP contribution in [0.2, 0.25) is 0 Å². The number of amides is 1. The number of rotatable bonds is 5. The highest BCUT2D eigenvalue weighted by Gasteiger charge is 2.10. The minimum absolute atomic E-state index is 0.156. The lowest BCUT2D eigenvalue weighted by atomic mass is 10.3. The third-order valence-corrected chi connectivity index (χ3v) is 2.92. The van der Waals surface area contributed by atoms with Gasteiger partial charge in [0.1, 0.15) is 11.4 Å². The zero-order valence-corrected chi connectivity index (χ0v) is 10.9. The number of nitrogens with zero attached hydrogens (tertiary/aromatic N) is 1. The van der Waals surface area contributed by atoms with Crippen molar-refractivity contribution >= 4 is 17.2 Å². The van der Waals surface area contributed by atoms with Crippen LogP contribution in [0.15, 0.2) is 35.7 Å². The Bertz CT molecular complexity index is 511. The molecule has 0 unspecified atom stereocenters. The van der Waals surface area contributed by atoms with Gasteiger partial charge in [0.05, 0.1) is 0 Å². The molecule has 0 radical (unpaired) electrons. The molecule has 0 aliphatic heterocycles. The largest absolute Gasteiger partial charge is 0.431 e. The first-order valence-corrected chi connectivity index (χ1v) is 6.64. The number of hydrogen-bond donors (Lipinski definition) is 1. The van der Waals surface area contributed by atoms with Crippen molar-refractivity contribution < 1.29 is 9.53 Å². The van der Waals surface area contributed by atoms with Gasteiger partial charge in [0.15, 0.2) is 0 Å². The molecule has 0 saturated carbocycles. The van der Waals surface area contributed by atoms with Gasteiger partial charge in [0.25, 0.3) is 11.1 Å². The molecular formula is C13H14N2O2S. The van der Waals surface area contributed by atoms with E-state index in [0.717, 1.165) is 6.42 Å². The molecule has 94 valence electrons. The van der Waals surface area contributed by atoms with E-state index in [1.807, 2.05) is 37.3 Å². The molecule has 5 heteroatoms. The number of hydrogen-bond acceptors (Lipinski definition) is 4. The van der Waals surface area contributed by atoms with Crippen LogP contribution < -0.4 is 10.1 Å². The number of carbonyl (C=O) groups is 1. The summed E-state index contributed by atoms with van der Waals surface area (Å²) >= 11 is 1.31. The third kappa shape index (κ3) is 3.30. The molecule has 0 aliphatic rings. The lowest BCUT2D eigenvalue weighted by Crippen LogP contribution is -2.24. The summed E-state index contributed by atoms with van der Waals surface area (Å²) in [6.07, 6.45) is 0.906. The highest BCUT2D eigenvalue weighted by Crippen LogP contribution is 2.24. The van der Waals surface area contributed by atoms with Gasteiger partial charge in [0.2, 0.25) is 0 Å². The van der Waals surface area contributed by atoms with Crippen LogP contribution in [-0.4, -0.2) is 17.4 Å². The maximum absolute atomic E-state index is 11.6. The highest BCUT2D eigenvalue weighted by molar-refractivity contribution is 7.11. The van der Waals surface area contributed by atoms with E-state index in [1.165, 1.54) is 11.3 Å². The summed E-state index contributed by atoms with van der Waals surface area (Å²) in [6.45, 7) is 2.66. The van der Waals surface area contributed by atoms with Gasteiger partial charge in [-0.05, 0) is 18.6 Å². The van der Waals surface area contributed by atoms with Gasteiger partial charge in [-0.25, -0.2) is 0 Å². The van der Waals surface area contributed by atoms with E-state index in [9.17, 15) is 4.79 Å². The van der Waals surface area contributed by atoms with Crippen LogP contribution in [0, 0.1) is 0 Å². The molecule has 0 bridgehead atoms. The fourth-order valence-electron chi connectivity index (χ4n) is 1.33. The molecule has 2 rings (SSSR count). The van der Waals surface area contributed by atoms with Crippen molar-refractivity contribution in [3.63, 3.8) is 0 Å². The molecule has 0 spiro atoms. The van der Waals surface area contributed by atoms with Crippen LogP contribution in [0.4, 0.5) is 0 Å². The van der Waals surface area contributed by atoms with Gasteiger partial charge in [0, 0.05) is 11.9 Å². The quantitative estimate of drug-likeness (QED) is 0.901. The van der Waals surface area contributed by atoms with E-state index in [0.29, 0.717) is 23.2 Å². The number of ether oxygens (including phenoxy) is 1. The second kappa shape index (κ2) is 6.16. The molecule has 0 atom stereocenters. The lowest BCUT2D eigenvalue weighted by Gasteiger charge is -2.00. The smallest absolute Gasteiger partial charge is 0.279 e. The minimum Gasteiger partial charge on any atom is -0.431 e. The van der Waals surface area contributed by atoms with Crippen LogP contribution in [0.25, 0.3) is 0 Å². The Hall–Kier alpha value is -1.88. The topological polar surface area (TPSA) is 51.2 Å². The van der Waals surface area contributed by atoms with Crippen molar-refractivity contribution in [2.45, 2.75) is 13.3 Å². The summed E-state index contributed by atoms with van der Waals surface area (Å²) in [5.41, 5.74) is 0.402. The molecule has 2 aromatic rings. The normalized spacial score (nSPS) is 10.1. The average Bonchev–Trinajstić information content (AvgIpc) is 2.86. The van der Waals surface area contributed by atoms with Crippen molar-refractivity contribution in [1.82, 2.24) is 10.3 Å². The summed E-state index contributed by atoms with van der Waals surface area (Å²) in [5, 5.41) is 4.95. The maximum Gasteiger partial charge on any atom is 0.279 e. The average molecular weight is 262 g/mol. The van der Waals surface area contributed by atoms with Crippen molar-refractivity contribution in [2.24, 2.45) is 0 Å². The molecule has 1 N–H and O–H groups in total. The van der Waals surface area contributed by atoms with E-state index in [-0.39, 0.29) is 5.91 Å². The van der Waals surface area contributed by atoms with E-state index in [2.05, 4.69) is 10.3 Å². The SMILES string of the molecule is CCCNC(=O)c1csc(Oc2ccccc2)n1. The van der Waals surface area contributed by atoms with E-state index >= 15 is 0 Å². The zero-order chi connectivity index (χ0) is 12.8. The molecule has 4 nitrogen and oxygen atoms in total. The first-order chi connectivity index (χ1) is 8.79. The van der Waals surface area contributed by atoms with Crippen molar-refractivity contribution in [1.29, 1.82) is 0 Å². The van der Waals surface area contributed by atoms with Crippen LogP contribution in [0.3, 0.4) is 0 Å². The van der Waals surface area contributed by atoms with Crippen LogP contribution in [0.5, 0.6) is 10.9 Å². The zero-order valence-electron chi connectivity index (χ0n) is 10.1. The van der Waals surface area contributed by atoms with Gasteiger partial charge in [-0.2, -0.15) is 4.98 Å². The molecule has 0 aliphatic carbocycles. The fraction of sp³-hybridized carbons (Fsp3) is 0.231. The number of carbonyl (C=O) groups excluding carboxylic acids is 1. The van der Waals surface area contributed by atoms with E-state index < -0.39 is 0 Å². The first-order valence-electron chi connectivity index (χ1n) is 5.76. The molecule has 1 heterocycles. The summed E-state index contributed by atoms with van der Waals surface area (Å²) in [6, 6.07) is 9.38. The number of benzene rings is 1. The van der Waals surface area contributed by atoms with Crippen LogP contribution in [0.1, 0.15) is 23.8 Å². The number of para-hydroxylation sites is 1. The van der Waals surface area contributed by atoms with Gasteiger partial charge < -0.3 is 10.1 Å². The van der Waals surface area contributed by atoms with Crippen LogP contribution in [-0.2, 0) is 0 Å². The summed E-state index contributed by atoms with van der Waals surface area (Å²) in [7, 11) is 0. The second-order valence-electron chi connectivity index (χ2n) is 3.67. The Labute approximate surface area is 110 Å². The molecule has 1 aromatic heterocycles. The molecule has 18 heavy (non-hydrogen) atoms. The van der Waals surface area contributed by atoms with Gasteiger partial charge in [-0.1, -0.05) is 36.5 Å². The number of thiazole rings is 1. The Morgan fingerprint density at radius 3 is 2.89 bits per heavy atom. The summed E-state index contributed by atoms with van der Waals surface area (Å²) in [4.78, 5) is 15.8. The van der Waals surface area contributed by atoms with E-state index in [4.69, 9.17) is 4.74 Å². The molecule has 0 fully saturated rings. The Morgan fingerprint density at radius 2 is 2.17 bits per heavy atom.